The molecular formula is C19H23ClN2O3. The number of ether oxygens (including phenoxy) is 1. The number of carbonyl (C=O) groups is 2. The highest BCUT2D eigenvalue weighted by molar-refractivity contribution is 6.31. The Hall–Kier alpha value is -2.27. The summed E-state index contributed by atoms with van der Waals surface area (Å²) in [5, 5.41) is 3.32. The van der Waals surface area contributed by atoms with Crippen LogP contribution in [0.3, 0.4) is 0 Å². The van der Waals surface area contributed by atoms with Crippen molar-refractivity contribution in [1.29, 1.82) is 0 Å². The van der Waals surface area contributed by atoms with Gasteiger partial charge in [-0.15, -0.1) is 0 Å². The molecule has 5 nitrogen and oxygen atoms in total. The second kappa shape index (κ2) is 8.21. The summed E-state index contributed by atoms with van der Waals surface area (Å²) in [6.45, 7) is 8.44. The summed E-state index contributed by atoms with van der Waals surface area (Å²) < 4.78 is 7.34. The summed E-state index contributed by atoms with van der Waals surface area (Å²) in [6, 6.07) is 9.05. The van der Waals surface area contributed by atoms with E-state index in [0.717, 1.165) is 23.5 Å². The first-order chi connectivity index (χ1) is 11.8. The van der Waals surface area contributed by atoms with Gasteiger partial charge in [-0.3, -0.25) is 4.79 Å². The Morgan fingerprint density at radius 2 is 1.96 bits per heavy atom. The lowest BCUT2D eigenvalue weighted by Crippen LogP contribution is -2.35. The van der Waals surface area contributed by atoms with Crippen LogP contribution in [-0.4, -0.2) is 22.5 Å². The number of nitrogens with zero attached hydrogens (tertiary/aromatic N) is 1. The number of halogens is 1. The molecule has 1 amide bonds. The number of aryl methyl sites for hydroxylation is 1. The highest BCUT2D eigenvalue weighted by atomic mass is 35.5. The van der Waals surface area contributed by atoms with E-state index in [-0.39, 0.29) is 12.5 Å². The predicted molar refractivity (Wildman–Crippen MR) is 97.8 cm³/mol. The van der Waals surface area contributed by atoms with Gasteiger partial charge in [-0.2, -0.15) is 0 Å². The third-order valence-electron chi connectivity index (χ3n) is 4.17. The molecule has 0 saturated carbocycles. The van der Waals surface area contributed by atoms with Crippen molar-refractivity contribution < 1.29 is 14.3 Å². The first-order valence-corrected chi connectivity index (χ1v) is 8.61. The minimum atomic E-state index is -0.889. The molecule has 0 aliphatic heterocycles. The normalized spacial score (nSPS) is 11.9. The number of nitrogens with one attached hydrogen (secondary N) is 1. The van der Waals surface area contributed by atoms with Crippen LogP contribution in [0, 0.1) is 13.8 Å². The molecule has 25 heavy (non-hydrogen) atoms. The van der Waals surface area contributed by atoms with E-state index in [2.05, 4.69) is 5.32 Å². The summed E-state index contributed by atoms with van der Waals surface area (Å²) >= 11 is 6.06. The molecule has 0 aliphatic rings. The molecule has 0 aliphatic carbocycles. The van der Waals surface area contributed by atoms with Crippen LogP contribution in [0.15, 0.2) is 30.3 Å². The van der Waals surface area contributed by atoms with Gasteiger partial charge in [0.2, 0.25) is 0 Å². The van der Waals surface area contributed by atoms with E-state index in [4.69, 9.17) is 16.3 Å². The van der Waals surface area contributed by atoms with Crippen molar-refractivity contribution in [3.63, 3.8) is 0 Å². The number of hydrogen-bond acceptors (Lipinski definition) is 3. The van der Waals surface area contributed by atoms with E-state index in [1.54, 1.807) is 19.1 Å². The molecule has 1 aromatic carbocycles. The van der Waals surface area contributed by atoms with Gasteiger partial charge in [-0.05, 0) is 45.4 Å². The molecular weight excluding hydrogens is 340 g/mol. The average molecular weight is 363 g/mol. The zero-order chi connectivity index (χ0) is 18.6. The Morgan fingerprint density at radius 3 is 2.56 bits per heavy atom. The summed E-state index contributed by atoms with van der Waals surface area (Å²) in [4.78, 5) is 24.5. The molecule has 0 spiro atoms. The lowest BCUT2D eigenvalue weighted by Gasteiger charge is -2.14. The van der Waals surface area contributed by atoms with E-state index < -0.39 is 12.1 Å². The second-order valence-corrected chi connectivity index (χ2v) is 6.29. The van der Waals surface area contributed by atoms with Crippen LogP contribution >= 0.6 is 11.6 Å². The number of esters is 1. The Bertz CT molecular complexity index is 783. The lowest BCUT2D eigenvalue weighted by molar-refractivity contribution is -0.129. The van der Waals surface area contributed by atoms with Crippen LogP contribution in [-0.2, 0) is 22.6 Å². The first-order valence-electron chi connectivity index (χ1n) is 8.24. The van der Waals surface area contributed by atoms with Gasteiger partial charge >= 0.3 is 5.97 Å². The van der Waals surface area contributed by atoms with Crippen LogP contribution in [0.2, 0.25) is 5.02 Å². The minimum absolute atomic E-state index is 0.282. The van der Waals surface area contributed by atoms with Gasteiger partial charge in [0.25, 0.3) is 5.91 Å². The molecule has 1 atom stereocenters. The maximum Gasteiger partial charge on any atom is 0.340 e. The topological polar surface area (TPSA) is 60.3 Å². The Kier molecular flexibility index (Phi) is 6.26. The Labute approximate surface area is 152 Å². The van der Waals surface area contributed by atoms with E-state index in [1.165, 1.54) is 0 Å². The number of benzene rings is 1. The molecule has 2 aromatic rings. The van der Waals surface area contributed by atoms with E-state index in [9.17, 15) is 9.59 Å². The van der Waals surface area contributed by atoms with Gasteiger partial charge in [0.1, 0.15) is 0 Å². The van der Waals surface area contributed by atoms with E-state index in [0.29, 0.717) is 10.6 Å². The van der Waals surface area contributed by atoms with Crippen molar-refractivity contribution in [2.75, 3.05) is 0 Å². The molecule has 1 heterocycles. The summed E-state index contributed by atoms with van der Waals surface area (Å²) in [6.07, 6.45) is -0.889. The maximum absolute atomic E-state index is 12.4. The van der Waals surface area contributed by atoms with Crippen molar-refractivity contribution in [1.82, 2.24) is 9.88 Å². The minimum Gasteiger partial charge on any atom is -0.449 e. The summed E-state index contributed by atoms with van der Waals surface area (Å²) in [5.41, 5.74) is 3.13. The highest BCUT2D eigenvalue weighted by Gasteiger charge is 2.22. The zero-order valence-corrected chi connectivity index (χ0v) is 15.7. The van der Waals surface area contributed by atoms with Gasteiger partial charge in [-0.25, -0.2) is 4.79 Å². The molecule has 0 radical (unpaired) electrons. The molecule has 0 bridgehead atoms. The van der Waals surface area contributed by atoms with Crippen LogP contribution in [0.5, 0.6) is 0 Å². The molecule has 2 rings (SSSR count). The number of carbonyl (C=O) groups excluding carboxylic acids is 2. The number of hydrogen-bond donors (Lipinski definition) is 1. The molecule has 1 aromatic heterocycles. The molecule has 6 heteroatoms. The molecule has 0 unspecified atom stereocenters. The van der Waals surface area contributed by atoms with Crippen LogP contribution < -0.4 is 5.32 Å². The van der Waals surface area contributed by atoms with Crippen LogP contribution in [0.4, 0.5) is 0 Å². The van der Waals surface area contributed by atoms with Gasteiger partial charge in [0.05, 0.1) is 5.56 Å². The third kappa shape index (κ3) is 4.42. The van der Waals surface area contributed by atoms with Crippen molar-refractivity contribution in [2.24, 2.45) is 0 Å². The molecule has 0 fully saturated rings. The third-order valence-corrected chi connectivity index (χ3v) is 4.54. The monoisotopic (exact) mass is 362 g/mol. The quantitative estimate of drug-likeness (QED) is 0.798. The van der Waals surface area contributed by atoms with Gasteiger partial charge in [-0.1, -0.05) is 29.8 Å². The van der Waals surface area contributed by atoms with Crippen molar-refractivity contribution in [2.45, 2.75) is 46.9 Å². The largest absolute Gasteiger partial charge is 0.449 e. The molecule has 1 N–H and O–H groups in total. The number of amides is 1. The smallest absolute Gasteiger partial charge is 0.340 e. The summed E-state index contributed by atoms with van der Waals surface area (Å²) in [7, 11) is 0. The van der Waals surface area contributed by atoms with E-state index >= 15 is 0 Å². The average Bonchev–Trinajstić information content (AvgIpc) is 2.87. The lowest BCUT2D eigenvalue weighted by atomic mass is 10.2. The fraction of sp³-hybridized carbons (Fsp3) is 0.368. The predicted octanol–water partition coefficient (Wildman–Crippen LogP) is 3.64. The summed E-state index contributed by atoms with van der Waals surface area (Å²) in [5.74, 6) is -0.856. The zero-order valence-electron chi connectivity index (χ0n) is 14.9. The SMILES string of the molecule is CCn1c(C)cc(C(=O)O[C@H](C)C(=O)NCc2ccccc2Cl)c1C. The molecule has 134 valence electrons. The highest BCUT2D eigenvalue weighted by Crippen LogP contribution is 2.17. The maximum atomic E-state index is 12.4. The Balaban J connectivity index is 1.97. The van der Waals surface area contributed by atoms with Gasteiger partial charge in [0, 0.05) is 29.5 Å². The molecule has 0 saturated heterocycles. The fourth-order valence-corrected chi connectivity index (χ4v) is 2.94. The van der Waals surface area contributed by atoms with Crippen molar-refractivity contribution in [3.8, 4) is 0 Å². The van der Waals surface area contributed by atoms with Crippen molar-refractivity contribution >= 4 is 23.5 Å². The fourth-order valence-electron chi connectivity index (χ4n) is 2.74. The van der Waals surface area contributed by atoms with Crippen molar-refractivity contribution in [3.05, 3.63) is 57.9 Å². The Morgan fingerprint density at radius 1 is 1.28 bits per heavy atom. The van der Waals surface area contributed by atoms with E-state index in [1.807, 2.05) is 43.5 Å². The first kappa shape index (κ1) is 19.1. The number of aromatic nitrogens is 1. The van der Waals surface area contributed by atoms with Crippen LogP contribution in [0.25, 0.3) is 0 Å². The standard InChI is InChI=1S/C19H23ClN2O3/c1-5-22-12(2)10-16(13(22)3)19(24)25-14(4)18(23)21-11-15-8-6-7-9-17(15)20/h6-10,14H,5,11H2,1-4H3,(H,21,23)/t14-/m1/s1. The number of rotatable bonds is 6. The van der Waals surface area contributed by atoms with Crippen LogP contribution in [0.1, 0.15) is 41.2 Å². The second-order valence-electron chi connectivity index (χ2n) is 5.89. The van der Waals surface area contributed by atoms with Gasteiger partial charge < -0.3 is 14.6 Å². The van der Waals surface area contributed by atoms with Gasteiger partial charge in [0.15, 0.2) is 6.10 Å².